The Morgan fingerprint density at radius 1 is 0.857 bits per heavy atom. The molecule has 3 heteroatoms. The van der Waals surface area contributed by atoms with Crippen molar-refractivity contribution < 1.29 is 14.3 Å². The van der Waals surface area contributed by atoms with Gasteiger partial charge in [0.05, 0.1) is 6.61 Å². The van der Waals surface area contributed by atoms with E-state index in [9.17, 15) is 9.59 Å². The molecule has 0 spiro atoms. The average molecular weight is 297 g/mol. The van der Waals surface area contributed by atoms with E-state index in [0.717, 1.165) is 25.7 Å². The van der Waals surface area contributed by atoms with E-state index in [1.165, 1.54) is 44.9 Å². The predicted molar refractivity (Wildman–Crippen MR) is 86.9 cm³/mol. The molecule has 0 fully saturated rings. The SMILES string of the molecule is CCCCCCCCCCCC([C]=O)C(=O)OCCCC. The van der Waals surface area contributed by atoms with Crippen LogP contribution in [-0.4, -0.2) is 18.9 Å². The van der Waals surface area contributed by atoms with E-state index in [4.69, 9.17) is 4.74 Å². The molecule has 0 saturated heterocycles. The van der Waals surface area contributed by atoms with E-state index >= 15 is 0 Å². The van der Waals surface area contributed by atoms with Crippen molar-refractivity contribution in [3.63, 3.8) is 0 Å². The molecule has 1 radical (unpaired) electrons. The Balaban J connectivity index is 3.50. The van der Waals surface area contributed by atoms with Crippen LogP contribution in [0.5, 0.6) is 0 Å². The third-order valence-corrected chi connectivity index (χ3v) is 3.77. The fourth-order valence-corrected chi connectivity index (χ4v) is 2.30. The van der Waals surface area contributed by atoms with Gasteiger partial charge in [-0.3, -0.25) is 9.59 Å². The van der Waals surface area contributed by atoms with Crippen molar-refractivity contribution in [2.75, 3.05) is 6.61 Å². The van der Waals surface area contributed by atoms with Gasteiger partial charge in [-0.1, -0.05) is 78.1 Å². The van der Waals surface area contributed by atoms with Crippen molar-refractivity contribution in [3.8, 4) is 0 Å². The van der Waals surface area contributed by atoms with Crippen LogP contribution in [0.1, 0.15) is 90.9 Å². The molecule has 0 aliphatic carbocycles. The van der Waals surface area contributed by atoms with Gasteiger partial charge in [-0.15, -0.1) is 0 Å². The molecular formula is C18H33O3. The molecule has 0 amide bonds. The number of unbranched alkanes of at least 4 members (excludes halogenated alkanes) is 9. The highest BCUT2D eigenvalue weighted by Gasteiger charge is 2.19. The van der Waals surface area contributed by atoms with Crippen LogP contribution >= 0.6 is 0 Å². The molecule has 1 atom stereocenters. The largest absolute Gasteiger partial charge is 0.465 e. The van der Waals surface area contributed by atoms with E-state index in [1.54, 1.807) is 0 Å². The number of carbonyl (C=O) groups excluding carboxylic acids is 2. The number of carbonyl (C=O) groups is 1. The summed E-state index contributed by atoms with van der Waals surface area (Å²) in [7, 11) is 0. The molecule has 0 aromatic heterocycles. The summed E-state index contributed by atoms with van der Waals surface area (Å²) in [5.41, 5.74) is 0. The molecule has 123 valence electrons. The smallest absolute Gasteiger partial charge is 0.316 e. The second-order valence-corrected chi connectivity index (χ2v) is 5.81. The van der Waals surface area contributed by atoms with Gasteiger partial charge < -0.3 is 4.74 Å². The molecular weight excluding hydrogens is 264 g/mol. The lowest BCUT2D eigenvalue weighted by atomic mass is 10.0. The summed E-state index contributed by atoms with van der Waals surface area (Å²) in [6, 6.07) is 0. The molecule has 0 aromatic carbocycles. The molecule has 0 N–H and O–H groups in total. The highest BCUT2D eigenvalue weighted by molar-refractivity contribution is 5.87. The van der Waals surface area contributed by atoms with Crippen LogP contribution in [0.2, 0.25) is 0 Å². The summed E-state index contributed by atoms with van der Waals surface area (Å²) in [6.07, 6.45) is 15.4. The lowest BCUT2D eigenvalue weighted by Gasteiger charge is -2.09. The number of hydrogen-bond donors (Lipinski definition) is 0. The van der Waals surface area contributed by atoms with Crippen LogP contribution in [0, 0.1) is 5.92 Å². The monoisotopic (exact) mass is 297 g/mol. The van der Waals surface area contributed by atoms with Gasteiger partial charge in [-0.25, -0.2) is 0 Å². The summed E-state index contributed by atoms with van der Waals surface area (Å²) in [5, 5.41) is 0. The van der Waals surface area contributed by atoms with E-state index in [0.29, 0.717) is 13.0 Å². The minimum absolute atomic E-state index is 0.391. The molecule has 0 saturated carbocycles. The zero-order valence-corrected chi connectivity index (χ0v) is 14.0. The molecule has 0 aliphatic heterocycles. The molecule has 0 rings (SSSR count). The number of rotatable bonds is 15. The maximum atomic E-state index is 11.6. The maximum absolute atomic E-state index is 11.6. The summed E-state index contributed by atoms with van der Waals surface area (Å²) < 4.78 is 5.07. The number of esters is 1. The normalized spacial score (nSPS) is 12.1. The zero-order valence-electron chi connectivity index (χ0n) is 14.0. The quantitative estimate of drug-likeness (QED) is 0.243. The van der Waals surface area contributed by atoms with Gasteiger partial charge in [0.1, 0.15) is 5.92 Å². The highest BCUT2D eigenvalue weighted by Crippen LogP contribution is 2.14. The fourth-order valence-electron chi connectivity index (χ4n) is 2.30. The van der Waals surface area contributed by atoms with Crippen molar-refractivity contribution in [2.24, 2.45) is 5.92 Å². The van der Waals surface area contributed by atoms with Crippen LogP contribution < -0.4 is 0 Å². The van der Waals surface area contributed by atoms with E-state index < -0.39 is 11.9 Å². The Morgan fingerprint density at radius 3 is 1.90 bits per heavy atom. The van der Waals surface area contributed by atoms with Crippen LogP contribution in [0.25, 0.3) is 0 Å². The van der Waals surface area contributed by atoms with Gasteiger partial charge in [0.2, 0.25) is 6.29 Å². The number of ether oxygens (including phenoxy) is 1. The minimum atomic E-state index is -0.675. The fraction of sp³-hybridized carbons (Fsp3) is 0.889. The van der Waals surface area contributed by atoms with Crippen LogP contribution in [-0.2, 0) is 14.3 Å². The Hall–Kier alpha value is -0.860. The van der Waals surface area contributed by atoms with Crippen LogP contribution in [0.3, 0.4) is 0 Å². The van der Waals surface area contributed by atoms with Crippen LogP contribution in [0.15, 0.2) is 0 Å². The van der Waals surface area contributed by atoms with E-state index in [-0.39, 0.29) is 0 Å². The molecule has 1 unspecified atom stereocenters. The Labute approximate surface area is 130 Å². The maximum Gasteiger partial charge on any atom is 0.316 e. The molecule has 0 bridgehead atoms. The van der Waals surface area contributed by atoms with Gasteiger partial charge in [0.15, 0.2) is 0 Å². The predicted octanol–water partition coefficient (Wildman–Crippen LogP) is 4.98. The zero-order chi connectivity index (χ0) is 15.8. The summed E-state index contributed by atoms with van der Waals surface area (Å²) in [6.45, 7) is 4.69. The first-order chi connectivity index (χ1) is 10.3. The Bertz CT molecular complexity index is 251. The van der Waals surface area contributed by atoms with Crippen molar-refractivity contribution >= 4 is 12.3 Å². The first-order valence-corrected chi connectivity index (χ1v) is 8.80. The molecule has 0 aliphatic rings. The second-order valence-electron chi connectivity index (χ2n) is 5.81. The third-order valence-electron chi connectivity index (χ3n) is 3.77. The molecule has 0 heterocycles. The summed E-state index contributed by atoms with van der Waals surface area (Å²) in [4.78, 5) is 22.5. The number of hydrogen-bond acceptors (Lipinski definition) is 3. The first-order valence-electron chi connectivity index (χ1n) is 8.80. The molecule has 0 aromatic rings. The van der Waals surface area contributed by atoms with Gasteiger partial charge in [0.25, 0.3) is 0 Å². The first kappa shape index (κ1) is 20.1. The van der Waals surface area contributed by atoms with Crippen molar-refractivity contribution in [3.05, 3.63) is 0 Å². The van der Waals surface area contributed by atoms with Gasteiger partial charge in [0, 0.05) is 0 Å². The van der Waals surface area contributed by atoms with Crippen molar-refractivity contribution in [2.45, 2.75) is 90.9 Å². The van der Waals surface area contributed by atoms with Crippen molar-refractivity contribution in [1.82, 2.24) is 0 Å². The summed E-state index contributed by atoms with van der Waals surface area (Å²) in [5.74, 6) is -1.07. The highest BCUT2D eigenvalue weighted by atomic mass is 16.5. The van der Waals surface area contributed by atoms with Gasteiger partial charge in [-0.2, -0.15) is 0 Å². The van der Waals surface area contributed by atoms with E-state index in [1.807, 2.05) is 13.2 Å². The lowest BCUT2D eigenvalue weighted by molar-refractivity contribution is -0.146. The minimum Gasteiger partial charge on any atom is -0.465 e. The Kier molecular flexibility index (Phi) is 14.9. The Morgan fingerprint density at radius 2 is 1.38 bits per heavy atom. The average Bonchev–Trinajstić information content (AvgIpc) is 2.49. The molecule has 21 heavy (non-hydrogen) atoms. The van der Waals surface area contributed by atoms with Gasteiger partial charge in [-0.05, 0) is 12.8 Å². The van der Waals surface area contributed by atoms with Crippen molar-refractivity contribution in [1.29, 1.82) is 0 Å². The van der Waals surface area contributed by atoms with E-state index in [2.05, 4.69) is 6.92 Å². The molecule has 3 nitrogen and oxygen atoms in total. The topological polar surface area (TPSA) is 43.4 Å². The second kappa shape index (κ2) is 15.5. The van der Waals surface area contributed by atoms with Crippen LogP contribution in [0.4, 0.5) is 0 Å². The summed E-state index contributed by atoms with van der Waals surface area (Å²) >= 11 is 0. The third kappa shape index (κ3) is 12.6. The van der Waals surface area contributed by atoms with Gasteiger partial charge >= 0.3 is 5.97 Å². The lowest BCUT2D eigenvalue weighted by Crippen LogP contribution is -2.19. The standard InChI is InChI=1S/C18H33O3/c1-3-5-7-8-9-10-11-12-13-14-17(16-19)18(20)21-15-6-4-2/h17H,3-15H2,1-2H3.